The van der Waals surface area contributed by atoms with Gasteiger partial charge in [0.05, 0.1) is 5.52 Å². The van der Waals surface area contributed by atoms with E-state index >= 15 is 0 Å². The van der Waals surface area contributed by atoms with Gasteiger partial charge < -0.3 is 16.0 Å². The molecule has 158 valence electrons. The second-order valence-corrected chi connectivity index (χ2v) is 7.95. The lowest BCUT2D eigenvalue weighted by Gasteiger charge is -2.18. The van der Waals surface area contributed by atoms with Crippen LogP contribution in [0.1, 0.15) is 25.7 Å². The topological polar surface area (TPSA) is 115 Å². The summed E-state index contributed by atoms with van der Waals surface area (Å²) < 4.78 is 2.94. The Balaban J connectivity index is 0.00000240. The number of aromatic nitrogens is 3. The summed E-state index contributed by atoms with van der Waals surface area (Å²) in [6.07, 6.45) is 2.41. The standard InChI is InChI=1S/C19H26N6O3.ClH/c1-23-14-5-6-15(22-18(14)24(2)19(23)28)21-16(26)7-8-17(27)25-9-11-3-4-13(20)12(11)10-25;/h5-6,11-13H,3-4,7-10,20H2,1-2H3,(H,21,22,26);1H. The van der Waals surface area contributed by atoms with Crippen LogP contribution in [0, 0.1) is 11.8 Å². The fourth-order valence-corrected chi connectivity index (χ4v) is 4.53. The summed E-state index contributed by atoms with van der Waals surface area (Å²) in [5.74, 6) is 1.03. The van der Waals surface area contributed by atoms with Crippen molar-refractivity contribution in [2.45, 2.75) is 31.7 Å². The molecule has 1 saturated carbocycles. The van der Waals surface area contributed by atoms with E-state index in [1.165, 1.54) is 9.13 Å². The van der Waals surface area contributed by atoms with Gasteiger partial charge in [0.15, 0.2) is 5.65 Å². The SMILES string of the molecule is Cl.Cn1c(=O)n(C)c2nc(NC(=O)CCC(=O)N3CC4CCC(N)C4C3)ccc21. The van der Waals surface area contributed by atoms with Crippen LogP contribution >= 0.6 is 12.4 Å². The number of halogens is 1. The smallest absolute Gasteiger partial charge is 0.329 e. The third-order valence-electron chi connectivity index (χ3n) is 6.21. The van der Waals surface area contributed by atoms with Crippen LogP contribution in [0.4, 0.5) is 5.82 Å². The average molecular weight is 423 g/mol. The van der Waals surface area contributed by atoms with Gasteiger partial charge in [0.1, 0.15) is 5.82 Å². The minimum absolute atomic E-state index is 0. The zero-order chi connectivity index (χ0) is 20.0. The van der Waals surface area contributed by atoms with Crippen LogP contribution in [-0.2, 0) is 23.7 Å². The van der Waals surface area contributed by atoms with Crippen molar-refractivity contribution < 1.29 is 9.59 Å². The normalized spacial score (nSPS) is 23.1. The second kappa shape index (κ2) is 8.16. The van der Waals surface area contributed by atoms with Crippen LogP contribution in [0.25, 0.3) is 11.2 Å². The Bertz CT molecular complexity index is 1000. The van der Waals surface area contributed by atoms with Gasteiger partial charge in [-0.15, -0.1) is 12.4 Å². The van der Waals surface area contributed by atoms with Crippen molar-refractivity contribution in [1.29, 1.82) is 0 Å². The number of imidazole rings is 1. The minimum Gasteiger partial charge on any atom is -0.342 e. The highest BCUT2D eigenvalue weighted by Crippen LogP contribution is 2.37. The van der Waals surface area contributed by atoms with Crippen molar-refractivity contribution in [1.82, 2.24) is 19.0 Å². The zero-order valence-corrected chi connectivity index (χ0v) is 17.4. The predicted octanol–water partition coefficient (Wildman–Crippen LogP) is 0.608. The lowest BCUT2D eigenvalue weighted by Crippen LogP contribution is -2.33. The maximum atomic E-state index is 12.4. The monoisotopic (exact) mass is 422 g/mol. The summed E-state index contributed by atoms with van der Waals surface area (Å²) in [6.45, 7) is 1.48. The van der Waals surface area contributed by atoms with Crippen molar-refractivity contribution >= 4 is 41.2 Å². The number of likely N-dealkylation sites (tertiary alicyclic amines) is 1. The Morgan fingerprint density at radius 3 is 2.66 bits per heavy atom. The zero-order valence-electron chi connectivity index (χ0n) is 16.6. The number of pyridine rings is 1. The molecule has 3 heterocycles. The van der Waals surface area contributed by atoms with Gasteiger partial charge in [0.2, 0.25) is 11.8 Å². The second-order valence-electron chi connectivity index (χ2n) is 7.95. The van der Waals surface area contributed by atoms with Crippen LogP contribution in [0.5, 0.6) is 0 Å². The van der Waals surface area contributed by atoms with Crippen molar-refractivity contribution in [3.05, 3.63) is 22.6 Å². The van der Waals surface area contributed by atoms with Crippen molar-refractivity contribution in [3.63, 3.8) is 0 Å². The molecular weight excluding hydrogens is 396 g/mol. The molecule has 9 nitrogen and oxygen atoms in total. The van der Waals surface area contributed by atoms with E-state index in [9.17, 15) is 14.4 Å². The first-order valence-electron chi connectivity index (χ1n) is 9.71. The highest BCUT2D eigenvalue weighted by molar-refractivity contribution is 5.93. The van der Waals surface area contributed by atoms with E-state index in [0.717, 1.165) is 19.4 Å². The number of carbonyl (C=O) groups excluding carboxylic acids is 2. The molecular formula is C19H27ClN6O3. The maximum Gasteiger partial charge on any atom is 0.329 e. The van der Waals surface area contributed by atoms with Gasteiger partial charge in [-0.2, -0.15) is 0 Å². The first-order valence-corrected chi connectivity index (χ1v) is 9.71. The number of nitrogens with zero attached hydrogens (tertiary/aromatic N) is 4. The molecule has 2 fully saturated rings. The van der Waals surface area contributed by atoms with E-state index in [1.807, 2.05) is 4.90 Å². The summed E-state index contributed by atoms with van der Waals surface area (Å²) in [4.78, 5) is 42.9. The lowest BCUT2D eigenvalue weighted by molar-refractivity contribution is -0.132. The number of rotatable bonds is 4. The lowest BCUT2D eigenvalue weighted by atomic mass is 9.98. The molecule has 2 aromatic heterocycles. The van der Waals surface area contributed by atoms with Gasteiger partial charge in [-0.25, -0.2) is 9.78 Å². The van der Waals surface area contributed by atoms with E-state index in [-0.39, 0.29) is 48.8 Å². The Morgan fingerprint density at radius 1 is 1.17 bits per heavy atom. The van der Waals surface area contributed by atoms with E-state index in [0.29, 0.717) is 35.4 Å². The number of nitrogens with one attached hydrogen (secondary N) is 1. The number of hydrogen-bond acceptors (Lipinski definition) is 5. The molecule has 4 rings (SSSR count). The quantitative estimate of drug-likeness (QED) is 0.748. The highest BCUT2D eigenvalue weighted by Gasteiger charge is 2.42. The molecule has 2 aromatic rings. The van der Waals surface area contributed by atoms with Gasteiger partial charge in [0.25, 0.3) is 0 Å². The molecule has 3 unspecified atom stereocenters. The molecule has 10 heteroatoms. The number of aryl methyl sites for hydroxylation is 2. The Labute approximate surface area is 174 Å². The highest BCUT2D eigenvalue weighted by atomic mass is 35.5. The van der Waals surface area contributed by atoms with E-state index < -0.39 is 0 Å². The van der Waals surface area contributed by atoms with Gasteiger partial charge in [-0.05, 0) is 36.8 Å². The molecule has 0 aromatic carbocycles. The number of fused-ring (bicyclic) bond motifs is 2. The first-order chi connectivity index (χ1) is 13.3. The molecule has 2 amide bonds. The minimum atomic E-state index is -0.266. The summed E-state index contributed by atoms with van der Waals surface area (Å²) in [5.41, 5.74) is 7.14. The van der Waals surface area contributed by atoms with Gasteiger partial charge in [-0.1, -0.05) is 0 Å². The van der Waals surface area contributed by atoms with Crippen LogP contribution in [0.3, 0.4) is 0 Å². The number of hydrogen-bond donors (Lipinski definition) is 2. The largest absolute Gasteiger partial charge is 0.342 e. The Morgan fingerprint density at radius 2 is 1.93 bits per heavy atom. The summed E-state index contributed by atoms with van der Waals surface area (Å²) in [6, 6.07) is 3.60. The van der Waals surface area contributed by atoms with Crippen LogP contribution < -0.4 is 16.7 Å². The number of anilines is 1. The molecule has 0 radical (unpaired) electrons. The molecule has 1 aliphatic heterocycles. The average Bonchev–Trinajstić information content (AvgIpc) is 3.31. The number of nitrogens with two attached hydrogens (primary N) is 1. The van der Waals surface area contributed by atoms with Crippen LogP contribution in [0.15, 0.2) is 16.9 Å². The Hall–Kier alpha value is -2.39. The van der Waals surface area contributed by atoms with Gasteiger partial charge in [-0.3, -0.25) is 18.7 Å². The summed E-state index contributed by atoms with van der Waals surface area (Å²) >= 11 is 0. The predicted molar refractivity (Wildman–Crippen MR) is 112 cm³/mol. The van der Waals surface area contributed by atoms with Crippen molar-refractivity contribution in [3.8, 4) is 0 Å². The van der Waals surface area contributed by atoms with Crippen molar-refractivity contribution in [2.75, 3.05) is 18.4 Å². The molecule has 3 atom stereocenters. The van der Waals surface area contributed by atoms with E-state index in [2.05, 4.69) is 10.3 Å². The van der Waals surface area contributed by atoms with Crippen LogP contribution in [0.2, 0.25) is 0 Å². The van der Waals surface area contributed by atoms with E-state index in [4.69, 9.17) is 5.73 Å². The summed E-state index contributed by atoms with van der Waals surface area (Å²) in [7, 11) is 3.31. The Kier molecular flexibility index (Phi) is 6.00. The third kappa shape index (κ3) is 3.89. The first kappa shape index (κ1) is 21.3. The number of amides is 2. The molecule has 1 saturated heterocycles. The third-order valence-corrected chi connectivity index (χ3v) is 6.21. The molecule has 29 heavy (non-hydrogen) atoms. The molecule has 0 spiro atoms. The molecule has 2 aliphatic rings. The van der Waals surface area contributed by atoms with Crippen molar-refractivity contribution in [2.24, 2.45) is 31.7 Å². The maximum absolute atomic E-state index is 12.4. The van der Waals surface area contributed by atoms with Crippen LogP contribution in [-0.4, -0.2) is 50.0 Å². The molecule has 3 N–H and O–H groups in total. The fraction of sp³-hybridized carbons (Fsp3) is 0.579. The van der Waals surface area contributed by atoms with E-state index in [1.54, 1.807) is 26.2 Å². The summed E-state index contributed by atoms with van der Waals surface area (Å²) in [5, 5.41) is 2.72. The number of carbonyl (C=O) groups is 2. The molecule has 1 aliphatic carbocycles. The molecule has 0 bridgehead atoms. The van der Waals surface area contributed by atoms with Gasteiger partial charge in [0, 0.05) is 46.1 Å². The fourth-order valence-electron chi connectivity index (χ4n) is 4.53. The van der Waals surface area contributed by atoms with Gasteiger partial charge >= 0.3 is 5.69 Å².